The fraction of sp³-hybridized carbons (Fsp3) is 0.357. The minimum absolute atomic E-state index is 0.736. The van der Waals surface area contributed by atoms with E-state index in [2.05, 4.69) is 56.0 Å². The average molecular weight is 386 g/mol. The maximum Gasteiger partial charge on any atom is 0.127 e. The van der Waals surface area contributed by atoms with Gasteiger partial charge in [-0.2, -0.15) is 5.10 Å². The predicted octanol–water partition coefficient (Wildman–Crippen LogP) is 4.01. The number of hydrogen-bond acceptors (Lipinski definition) is 2. The predicted molar refractivity (Wildman–Crippen MR) is 81.8 cm³/mol. The van der Waals surface area contributed by atoms with Crippen molar-refractivity contribution in [1.82, 2.24) is 9.78 Å². The maximum atomic E-state index is 5.76. The molecule has 0 saturated carbocycles. The first-order valence-corrected chi connectivity index (χ1v) is 7.78. The van der Waals surface area contributed by atoms with Gasteiger partial charge in [0.1, 0.15) is 5.75 Å². The first-order chi connectivity index (χ1) is 9.06. The Morgan fingerprint density at radius 2 is 2.11 bits per heavy atom. The van der Waals surface area contributed by atoms with Gasteiger partial charge in [0.05, 0.1) is 29.0 Å². The van der Waals surface area contributed by atoms with Crippen molar-refractivity contribution in [1.29, 1.82) is 0 Å². The lowest BCUT2D eigenvalue weighted by atomic mass is 10.1. The van der Waals surface area contributed by atoms with Gasteiger partial charge in [0.25, 0.3) is 0 Å². The van der Waals surface area contributed by atoms with Gasteiger partial charge < -0.3 is 4.74 Å². The molecule has 0 saturated heterocycles. The highest BCUT2D eigenvalue weighted by molar-refractivity contribution is 9.10. The van der Waals surface area contributed by atoms with Crippen molar-refractivity contribution in [3.8, 4) is 5.75 Å². The molecule has 1 aromatic carbocycles. The third-order valence-electron chi connectivity index (χ3n) is 3.44. The summed E-state index contributed by atoms with van der Waals surface area (Å²) in [5.74, 6) is 1.03. The highest BCUT2D eigenvalue weighted by Crippen LogP contribution is 2.34. The molecule has 2 aromatic rings. The number of nitrogens with zero attached hydrogens (tertiary/aromatic N) is 2. The Bertz CT molecular complexity index is 649. The van der Waals surface area contributed by atoms with Crippen LogP contribution in [0, 0.1) is 13.8 Å². The zero-order valence-corrected chi connectivity index (χ0v) is 14.0. The second kappa shape index (κ2) is 4.94. The zero-order valence-electron chi connectivity index (χ0n) is 10.8. The van der Waals surface area contributed by atoms with E-state index in [0.717, 1.165) is 45.7 Å². The minimum Gasteiger partial charge on any atom is -0.493 e. The fourth-order valence-corrected chi connectivity index (χ4v) is 3.29. The van der Waals surface area contributed by atoms with Crippen molar-refractivity contribution >= 4 is 31.9 Å². The van der Waals surface area contributed by atoms with Gasteiger partial charge in [-0.1, -0.05) is 15.9 Å². The molecule has 1 aliphatic heterocycles. The van der Waals surface area contributed by atoms with E-state index >= 15 is 0 Å². The Hall–Kier alpha value is -0.810. The molecule has 3 nitrogen and oxygen atoms in total. The zero-order chi connectivity index (χ0) is 13.6. The molecule has 2 heterocycles. The van der Waals surface area contributed by atoms with Crippen LogP contribution in [0.3, 0.4) is 0 Å². The summed E-state index contributed by atoms with van der Waals surface area (Å²) < 4.78 is 9.96. The summed E-state index contributed by atoms with van der Waals surface area (Å²) >= 11 is 7.14. The van der Waals surface area contributed by atoms with Crippen molar-refractivity contribution in [2.24, 2.45) is 0 Å². The van der Waals surface area contributed by atoms with E-state index in [1.807, 2.05) is 11.6 Å². The molecule has 3 rings (SSSR count). The van der Waals surface area contributed by atoms with Crippen LogP contribution in [0.5, 0.6) is 5.75 Å². The van der Waals surface area contributed by atoms with Gasteiger partial charge >= 0.3 is 0 Å². The fourth-order valence-electron chi connectivity index (χ4n) is 2.45. The lowest BCUT2D eigenvalue weighted by molar-refractivity contribution is 0.352. The number of ether oxygens (including phenoxy) is 1. The van der Waals surface area contributed by atoms with Crippen LogP contribution in [0.1, 0.15) is 22.5 Å². The highest BCUT2D eigenvalue weighted by atomic mass is 79.9. The topological polar surface area (TPSA) is 27.1 Å². The molecule has 0 N–H and O–H groups in total. The number of fused-ring (bicyclic) bond motifs is 1. The standard InChI is InChI=1S/C14H14Br2N2O/c1-8-13(16)9(2)18(17-8)7-11-6-12(15)5-10-3-4-19-14(10)11/h5-6H,3-4,7H2,1-2H3. The summed E-state index contributed by atoms with van der Waals surface area (Å²) in [5, 5.41) is 4.56. The van der Waals surface area contributed by atoms with Crippen LogP contribution < -0.4 is 4.74 Å². The number of aryl methyl sites for hydroxylation is 1. The average Bonchev–Trinajstić information content (AvgIpc) is 2.91. The molecule has 0 atom stereocenters. The molecule has 0 spiro atoms. The molecule has 100 valence electrons. The summed E-state index contributed by atoms with van der Waals surface area (Å²) in [4.78, 5) is 0. The Morgan fingerprint density at radius 3 is 2.79 bits per heavy atom. The molecule has 5 heteroatoms. The van der Waals surface area contributed by atoms with E-state index in [-0.39, 0.29) is 0 Å². The summed E-state index contributed by atoms with van der Waals surface area (Å²) in [7, 11) is 0. The van der Waals surface area contributed by atoms with Crippen molar-refractivity contribution in [3.05, 3.63) is 43.6 Å². The van der Waals surface area contributed by atoms with E-state index in [1.54, 1.807) is 0 Å². The maximum absolute atomic E-state index is 5.76. The molecule has 0 bridgehead atoms. The van der Waals surface area contributed by atoms with Gasteiger partial charge in [-0.05, 0) is 47.5 Å². The smallest absolute Gasteiger partial charge is 0.127 e. The van der Waals surface area contributed by atoms with Gasteiger partial charge in [-0.3, -0.25) is 4.68 Å². The molecule has 0 aliphatic carbocycles. The van der Waals surface area contributed by atoms with E-state index < -0.39 is 0 Å². The Kier molecular flexibility index (Phi) is 3.43. The third-order valence-corrected chi connectivity index (χ3v) is 5.04. The Balaban J connectivity index is 2.02. The summed E-state index contributed by atoms with van der Waals surface area (Å²) in [6.45, 7) is 5.60. The van der Waals surface area contributed by atoms with Gasteiger partial charge in [-0.15, -0.1) is 0 Å². The summed E-state index contributed by atoms with van der Waals surface area (Å²) in [6, 6.07) is 4.26. The monoisotopic (exact) mass is 384 g/mol. The van der Waals surface area contributed by atoms with Gasteiger partial charge in [0, 0.05) is 16.5 Å². The second-order valence-electron chi connectivity index (χ2n) is 4.79. The third kappa shape index (κ3) is 2.34. The number of hydrogen-bond donors (Lipinski definition) is 0. The SMILES string of the molecule is Cc1nn(Cc2cc(Br)cc3c2OCC3)c(C)c1Br. The highest BCUT2D eigenvalue weighted by Gasteiger charge is 2.19. The summed E-state index contributed by atoms with van der Waals surface area (Å²) in [6.07, 6.45) is 0.989. The number of halogens is 2. The lowest BCUT2D eigenvalue weighted by Crippen LogP contribution is -2.05. The van der Waals surface area contributed by atoms with E-state index in [9.17, 15) is 0 Å². The number of rotatable bonds is 2. The normalized spacial score (nSPS) is 13.5. The molecule has 0 fully saturated rings. The van der Waals surface area contributed by atoms with Crippen molar-refractivity contribution in [2.45, 2.75) is 26.8 Å². The Labute approximate surface area is 129 Å². The van der Waals surface area contributed by atoms with Gasteiger partial charge in [0.15, 0.2) is 0 Å². The first kappa shape index (κ1) is 13.2. The molecule has 1 aliphatic rings. The van der Waals surface area contributed by atoms with Crippen LogP contribution in [0.4, 0.5) is 0 Å². The first-order valence-electron chi connectivity index (χ1n) is 6.20. The van der Waals surface area contributed by atoms with Crippen LogP contribution >= 0.6 is 31.9 Å². The van der Waals surface area contributed by atoms with Gasteiger partial charge in [-0.25, -0.2) is 0 Å². The van der Waals surface area contributed by atoms with Crippen molar-refractivity contribution < 1.29 is 4.74 Å². The molecular formula is C14H14Br2N2O. The van der Waals surface area contributed by atoms with Gasteiger partial charge in [0.2, 0.25) is 0 Å². The van der Waals surface area contributed by atoms with Crippen molar-refractivity contribution in [2.75, 3.05) is 6.61 Å². The molecule has 1 aromatic heterocycles. The van der Waals surface area contributed by atoms with Crippen molar-refractivity contribution in [3.63, 3.8) is 0 Å². The summed E-state index contributed by atoms with van der Waals surface area (Å²) in [5.41, 5.74) is 4.62. The second-order valence-corrected chi connectivity index (χ2v) is 6.50. The van der Waals surface area contributed by atoms with E-state index in [0.29, 0.717) is 0 Å². The minimum atomic E-state index is 0.736. The van der Waals surface area contributed by atoms with Crippen LogP contribution in [0.25, 0.3) is 0 Å². The number of benzene rings is 1. The van der Waals surface area contributed by atoms with Crippen LogP contribution in [-0.2, 0) is 13.0 Å². The molecule has 0 unspecified atom stereocenters. The van der Waals surface area contributed by atoms with Crippen LogP contribution in [0.2, 0.25) is 0 Å². The lowest BCUT2D eigenvalue weighted by Gasteiger charge is -2.10. The number of aromatic nitrogens is 2. The molecule has 0 radical (unpaired) electrons. The largest absolute Gasteiger partial charge is 0.493 e. The Morgan fingerprint density at radius 1 is 1.32 bits per heavy atom. The molecular weight excluding hydrogens is 372 g/mol. The van der Waals surface area contributed by atoms with E-state index in [1.165, 1.54) is 11.1 Å². The van der Waals surface area contributed by atoms with E-state index in [4.69, 9.17) is 4.74 Å². The molecule has 19 heavy (non-hydrogen) atoms. The van der Waals surface area contributed by atoms with Crippen LogP contribution in [-0.4, -0.2) is 16.4 Å². The molecule has 0 amide bonds. The van der Waals surface area contributed by atoms with Crippen LogP contribution in [0.15, 0.2) is 21.1 Å². The quantitative estimate of drug-likeness (QED) is 0.780.